The van der Waals surface area contributed by atoms with Gasteiger partial charge in [-0.15, -0.1) is 11.8 Å². The van der Waals surface area contributed by atoms with Crippen molar-refractivity contribution in [3.8, 4) is 5.75 Å². The SMILES string of the molecule is COc1ccc2nc(NC(=O)C(Sc3ccc(NC(=O)c4cccc5cccc(C(=O)O)c45)cc3)c3ccccc3)sc2c1. The first-order valence-corrected chi connectivity index (χ1v) is 15.2. The highest BCUT2D eigenvalue weighted by atomic mass is 32.2. The Balaban J connectivity index is 1.20. The Bertz CT molecular complexity index is 2000. The Morgan fingerprint density at radius 2 is 1.57 bits per heavy atom. The molecule has 0 radical (unpaired) electrons. The molecule has 2 amide bonds. The molecule has 6 aromatic rings. The lowest BCUT2D eigenvalue weighted by Crippen LogP contribution is -2.18. The van der Waals surface area contributed by atoms with E-state index in [9.17, 15) is 19.5 Å². The maximum atomic E-state index is 13.6. The summed E-state index contributed by atoms with van der Waals surface area (Å²) in [5.74, 6) is -1.01. The van der Waals surface area contributed by atoms with Gasteiger partial charge in [-0.05, 0) is 65.5 Å². The lowest BCUT2D eigenvalue weighted by molar-refractivity contribution is -0.115. The molecular formula is C34H25N3O5S2. The average molecular weight is 620 g/mol. The van der Waals surface area contributed by atoms with Crippen LogP contribution >= 0.6 is 23.1 Å². The second-order valence-electron chi connectivity index (χ2n) is 9.74. The van der Waals surface area contributed by atoms with Crippen molar-refractivity contribution in [2.75, 3.05) is 17.7 Å². The summed E-state index contributed by atoms with van der Waals surface area (Å²) in [6, 6.07) is 32.3. The fraction of sp³-hybridized carbons (Fsp3) is 0.0588. The molecule has 0 spiro atoms. The van der Waals surface area contributed by atoms with Gasteiger partial charge in [0.25, 0.3) is 5.91 Å². The number of aromatic carboxylic acids is 1. The van der Waals surface area contributed by atoms with Crippen LogP contribution in [0.3, 0.4) is 0 Å². The van der Waals surface area contributed by atoms with Gasteiger partial charge in [0.15, 0.2) is 5.13 Å². The third kappa shape index (κ3) is 6.12. The molecule has 0 fully saturated rings. The number of nitrogens with one attached hydrogen (secondary N) is 2. The maximum Gasteiger partial charge on any atom is 0.336 e. The van der Waals surface area contributed by atoms with Gasteiger partial charge >= 0.3 is 5.97 Å². The minimum atomic E-state index is -1.10. The van der Waals surface area contributed by atoms with Crippen LogP contribution in [0.4, 0.5) is 10.8 Å². The van der Waals surface area contributed by atoms with Crippen LogP contribution < -0.4 is 15.4 Å². The molecule has 3 N–H and O–H groups in total. The Morgan fingerprint density at radius 3 is 2.27 bits per heavy atom. The third-order valence-electron chi connectivity index (χ3n) is 6.91. The van der Waals surface area contributed by atoms with Crippen LogP contribution in [0.15, 0.2) is 114 Å². The second-order valence-corrected chi connectivity index (χ2v) is 12.0. The Morgan fingerprint density at radius 1 is 0.841 bits per heavy atom. The molecule has 44 heavy (non-hydrogen) atoms. The summed E-state index contributed by atoms with van der Waals surface area (Å²) in [5, 5.41) is 16.5. The van der Waals surface area contributed by atoms with E-state index < -0.39 is 17.1 Å². The summed E-state index contributed by atoms with van der Waals surface area (Å²) in [7, 11) is 1.61. The molecule has 0 aliphatic heterocycles. The second kappa shape index (κ2) is 12.6. The van der Waals surface area contributed by atoms with Crippen molar-refractivity contribution in [1.29, 1.82) is 0 Å². The summed E-state index contributed by atoms with van der Waals surface area (Å²) < 4.78 is 6.21. The van der Waals surface area contributed by atoms with E-state index in [4.69, 9.17) is 4.74 Å². The summed E-state index contributed by atoms with van der Waals surface area (Å²) >= 11 is 2.76. The van der Waals surface area contributed by atoms with Crippen LogP contribution in [0.1, 0.15) is 31.5 Å². The number of anilines is 2. The quantitative estimate of drug-likeness (QED) is 0.141. The zero-order valence-electron chi connectivity index (χ0n) is 23.3. The molecule has 0 bridgehead atoms. The van der Waals surface area contributed by atoms with E-state index in [1.165, 1.54) is 29.2 Å². The molecule has 1 aromatic heterocycles. The monoisotopic (exact) mass is 619 g/mol. The van der Waals surface area contributed by atoms with Crippen molar-refractivity contribution in [2.24, 2.45) is 0 Å². The Kier molecular flexibility index (Phi) is 8.27. The molecular weight excluding hydrogens is 595 g/mol. The van der Waals surface area contributed by atoms with E-state index in [-0.39, 0.29) is 17.0 Å². The molecule has 10 heteroatoms. The lowest BCUT2D eigenvalue weighted by Gasteiger charge is -2.16. The number of hydrogen-bond donors (Lipinski definition) is 3. The number of ether oxygens (including phenoxy) is 1. The van der Waals surface area contributed by atoms with Gasteiger partial charge in [-0.1, -0.05) is 65.9 Å². The number of carboxylic acid groups (broad SMARTS) is 1. The van der Waals surface area contributed by atoms with Crippen molar-refractivity contribution in [2.45, 2.75) is 10.1 Å². The van der Waals surface area contributed by atoms with Crippen molar-refractivity contribution in [3.05, 3.63) is 126 Å². The van der Waals surface area contributed by atoms with Gasteiger partial charge in [0.1, 0.15) is 11.0 Å². The van der Waals surface area contributed by atoms with Crippen LogP contribution in [0, 0.1) is 0 Å². The standard InChI is InChI=1S/C34H25N3O5S2/c1-42-23-15-18-27-28(19-23)44-34(36-27)37-32(39)30(21-7-3-2-4-8-21)43-24-16-13-22(14-17-24)35-31(38)25-11-5-9-20-10-6-12-26(29(20)25)33(40)41/h2-19,30H,1H3,(H,35,38)(H,40,41)(H,36,37,39). The first kappa shape index (κ1) is 28.9. The van der Waals surface area contributed by atoms with Crippen LogP contribution in [0.25, 0.3) is 21.0 Å². The summed E-state index contributed by atoms with van der Waals surface area (Å²) in [6.45, 7) is 0. The fourth-order valence-electron chi connectivity index (χ4n) is 4.82. The predicted molar refractivity (Wildman–Crippen MR) is 175 cm³/mol. The van der Waals surface area contributed by atoms with Crippen LogP contribution in [-0.2, 0) is 4.79 Å². The molecule has 8 nitrogen and oxygen atoms in total. The van der Waals surface area contributed by atoms with Gasteiger partial charge in [0.2, 0.25) is 5.91 Å². The van der Waals surface area contributed by atoms with Crippen LogP contribution in [-0.4, -0.2) is 35.0 Å². The smallest absolute Gasteiger partial charge is 0.336 e. The molecule has 1 heterocycles. The maximum absolute atomic E-state index is 13.6. The number of amides is 2. The Hall–Kier alpha value is -5.19. The Labute approximate surface area is 260 Å². The largest absolute Gasteiger partial charge is 0.497 e. The lowest BCUT2D eigenvalue weighted by atomic mass is 9.98. The number of hydrogen-bond acceptors (Lipinski definition) is 7. The highest BCUT2D eigenvalue weighted by molar-refractivity contribution is 8.00. The highest BCUT2D eigenvalue weighted by Gasteiger charge is 2.24. The number of thioether (sulfide) groups is 1. The number of aromatic nitrogens is 1. The van der Waals surface area contributed by atoms with Gasteiger partial charge in [-0.2, -0.15) is 0 Å². The zero-order chi connectivity index (χ0) is 30.6. The van der Waals surface area contributed by atoms with Crippen LogP contribution in [0.2, 0.25) is 0 Å². The number of methoxy groups -OCH3 is 1. The van der Waals surface area contributed by atoms with Gasteiger partial charge in [-0.25, -0.2) is 9.78 Å². The molecule has 1 atom stereocenters. The molecule has 0 aliphatic carbocycles. The number of benzene rings is 5. The van der Waals surface area contributed by atoms with Crippen molar-refractivity contribution < 1.29 is 24.2 Å². The topological polar surface area (TPSA) is 118 Å². The summed E-state index contributed by atoms with van der Waals surface area (Å²) in [4.78, 5) is 44.0. The highest BCUT2D eigenvalue weighted by Crippen LogP contribution is 2.38. The fourth-order valence-corrected chi connectivity index (χ4v) is 6.74. The van der Waals surface area contributed by atoms with Crippen molar-refractivity contribution in [1.82, 2.24) is 4.98 Å². The molecule has 5 aromatic carbocycles. The number of thiazole rings is 1. The van der Waals surface area contributed by atoms with E-state index in [1.807, 2.05) is 60.7 Å². The van der Waals surface area contributed by atoms with E-state index in [0.717, 1.165) is 26.4 Å². The van der Waals surface area contributed by atoms with E-state index >= 15 is 0 Å². The van der Waals surface area contributed by atoms with Gasteiger partial charge in [0.05, 0.1) is 22.9 Å². The molecule has 218 valence electrons. The summed E-state index contributed by atoms with van der Waals surface area (Å²) in [5.41, 5.74) is 2.48. The van der Waals surface area contributed by atoms with Gasteiger partial charge in [0, 0.05) is 21.5 Å². The first-order chi connectivity index (χ1) is 21.4. The number of carboxylic acids is 1. The van der Waals surface area contributed by atoms with Gasteiger partial charge in [-0.3, -0.25) is 9.59 Å². The summed E-state index contributed by atoms with van der Waals surface area (Å²) in [6.07, 6.45) is 0. The molecule has 6 rings (SSSR count). The number of carbonyl (C=O) groups excluding carboxylic acids is 2. The van der Waals surface area contributed by atoms with E-state index in [0.29, 0.717) is 21.6 Å². The van der Waals surface area contributed by atoms with Crippen LogP contribution in [0.5, 0.6) is 5.75 Å². The zero-order valence-corrected chi connectivity index (χ0v) is 24.9. The molecule has 1 unspecified atom stereocenters. The molecule has 0 aliphatic rings. The number of carbonyl (C=O) groups is 3. The minimum Gasteiger partial charge on any atom is -0.497 e. The number of nitrogens with zero attached hydrogens (tertiary/aromatic N) is 1. The third-order valence-corrected chi connectivity index (χ3v) is 9.11. The first-order valence-electron chi connectivity index (χ1n) is 13.5. The minimum absolute atomic E-state index is 0.0656. The predicted octanol–water partition coefficient (Wildman–Crippen LogP) is 7.88. The normalized spacial score (nSPS) is 11.7. The van der Waals surface area contributed by atoms with E-state index in [2.05, 4.69) is 15.6 Å². The number of rotatable bonds is 9. The van der Waals surface area contributed by atoms with Crippen molar-refractivity contribution in [3.63, 3.8) is 0 Å². The average Bonchev–Trinajstić information content (AvgIpc) is 3.45. The number of fused-ring (bicyclic) bond motifs is 2. The molecule has 0 saturated heterocycles. The van der Waals surface area contributed by atoms with Crippen molar-refractivity contribution >= 4 is 72.7 Å². The molecule has 0 saturated carbocycles. The van der Waals surface area contributed by atoms with E-state index in [1.54, 1.807) is 49.6 Å². The van der Waals surface area contributed by atoms with Gasteiger partial charge < -0.3 is 20.5 Å².